The molecule has 3 aromatic carbocycles. The van der Waals surface area contributed by atoms with Gasteiger partial charge in [-0.2, -0.15) is 0 Å². The second-order valence-electron chi connectivity index (χ2n) is 8.78. The Bertz CT molecular complexity index is 1520. The topological polar surface area (TPSA) is 73.8 Å². The molecule has 7 nitrogen and oxygen atoms in total. The van der Waals surface area contributed by atoms with Crippen molar-refractivity contribution < 1.29 is 4.79 Å². The van der Waals surface area contributed by atoms with E-state index in [1.165, 1.54) is 5.56 Å². The van der Waals surface area contributed by atoms with E-state index in [1.54, 1.807) is 9.13 Å². The van der Waals surface area contributed by atoms with Crippen LogP contribution in [-0.2, 0) is 31.0 Å². The molecule has 1 amide bonds. The van der Waals surface area contributed by atoms with Gasteiger partial charge in [-0.15, -0.1) is 0 Å². The molecule has 2 aromatic heterocycles. The Kier molecular flexibility index (Phi) is 6.48. The summed E-state index contributed by atoms with van der Waals surface area (Å²) < 4.78 is 5.63. The molecule has 0 saturated heterocycles. The van der Waals surface area contributed by atoms with Crippen LogP contribution in [0.2, 0.25) is 0 Å². The molecule has 2 heterocycles. The fourth-order valence-corrected chi connectivity index (χ4v) is 4.53. The third-order valence-corrected chi connectivity index (χ3v) is 6.33. The number of rotatable bonds is 9. The number of carbonyl (C=O) groups excluding carboxylic acids is 1. The van der Waals surface area contributed by atoms with Crippen molar-refractivity contribution in [3.05, 3.63) is 101 Å². The normalized spacial score (nSPS) is 11.3. The lowest BCUT2D eigenvalue weighted by molar-refractivity contribution is -0.121. The summed E-state index contributed by atoms with van der Waals surface area (Å²) in [4.78, 5) is 29.9. The monoisotopic (exact) mass is 467 g/mol. The second kappa shape index (κ2) is 10.0. The minimum atomic E-state index is -0.0711. The molecular weight excluding hydrogens is 438 g/mol. The van der Waals surface area contributed by atoms with Crippen LogP contribution in [0.3, 0.4) is 0 Å². The zero-order chi connectivity index (χ0) is 24.2. The molecule has 7 heteroatoms. The number of para-hydroxylation sites is 4. The van der Waals surface area contributed by atoms with Crippen LogP contribution in [0.25, 0.3) is 22.1 Å². The first-order chi connectivity index (χ1) is 17.1. The van der Waals surface area contributed by atoms with Crippen molar-refractivity contribution in [2.45, 2.75) is 45.9 Å². The SMILES string of the molecule is CCCn1c(=O)n(CCC(=O)NCc2ccc(Cn3cnc4ccccc43)cc2)c2ccccc21. The van der Waals surface area contributed by atoms with Gasteiger partial charge in [0.1, 0.15) is 0 Å². The van der Waals surface area contributed by atoms with E-state index in [2.05, 4.69) is 40.0 Å². The van der Waals surface area contributed by atoms with Gasteiger partial charge in [0.2, 0.25) is 5.91 Å². The molecule has 5 rings (SSSR count). The van der Waals surface area contributed by atoms with E-state index >= 15 is 0 Å². The lowest BCUT2D eigenvalue weighted by Crippen LogP contribution is -2.28. The molecule has 0 fully saturated rings. The van der Waals surface area contributed by atoms with Gasteiger partial charge in [-0.25, -0.2) is 9.78 Å². The highest BCUT2D eigenvalue weighted by molar-refractivity contribution is 5.78. The van der Waals surface area contributed by atoms with Gasteiger partial charge in [-0.1, -0.05) is 55.5 Å². The maximum atomic E-state index is 12.9. The number of hydrogen-bond acceptors (Lipinski definition) is 3. The first-order valence-corrected chi connectivity index (χ1v) is 12.1. The summed E-state index contributed by atoms with van der Waals surface area (Å²) in [7, 11) is 0. The molecule has 0 unspecified atom stereocenters. The zero-order valence-corrected chi connectivity index (χ0v) is 19.9. The fourth-order valence-electron chi connectivity index (χ4n) is 4.53. The van der Waals surface area contributed by atoms with E-state index < -0.39 is 0 Å². The molecule has 1 N–H and O–H groups in total. The molecule has 0 aliphatic heterocycles. The summed E-state index contributed by atoms with van der Waals surface area (Å²) >= 11 is 0. The Morgan fingerprint density at radius 2 is 1.46 bits per heavy atom. The number of hydrogen-bond donors (Lipinski definition) is 1. The van der Waals surface area contributed by atoms with Gasteiger partial charge in [0.05, 0.1) is 28.4 Å². The molecule has 178 valence electrons. The smallest absolute Gasteiger partial charge is 0.329 e. The average molecular weight is 468 g/mol. The van der Waals surface area contributed by atoms with Crippen LogP contribution in [0.5, 0.6) is 0 Å². The molecule has 0 aliphatic rings. The average Bonchev–Trinajstić information content (AvgIpc) is 3.41. The van der Waals surface area contributed by atoms with Crippen LogP contribution in [0.15, 0.2) is 83.9 Å². The number of nitrogens with one attached hydrogen (secondary N) is 1. The number of carbonyl (C=O) groups is 1. The van der Waals surface area contributed by atoms with Crippen molar-refractivity contribution >= 4 is 28.0 Å². The number of aryl methyl sites for hydroxylation is 2. The van der Waals surface area contributed by atoms with Crippen molar-refractivity contribution in [1.82, 2.24) is 24.0 Å². The zero-order valence-electron chi connectivity index (χ0n) is 19.9. The van der Waals surface area contributed by atoms with E-state index in [9.17, 15) is 9.59 Å². The first-order valence-electron chi connectivity index (χ1n) is 12.1. The molecule has 35 heavy (non-hydrogen) atoms. The molecule has 0 aliphatic carbocycles. The standard InChI is InChI=1S/C28H29N5O2/c1-2-16-32-25-9-5-6-10-26(25)33(28(32)35)17-15-27(34)29-18-21-11-13-22(14-12-21)19-31-20-30-23-7-3-4-8-24(23)31/h3-14,20H,2,15-19H2,1H3,(H,29,34). The van der Waals surface area contributed by atoms with E-state index in [0.29, 0.717) is 19.6 Å². The summed E-state index contributed by atoms with van der Waals surface area (Å²) in [6.45, 7) is 4.29. The number of nitrogens with zero attached hydrogens (tertiary/aromatic N) is 4. The lowest BCUT2D eigenvalue weighted by Gasteiger charge is -2.08. The Hall–Kier alpha value is -4.13. The van der Waals surface area contributed by atoms with Gasteiger partial charge in [-0.05, 0) is 41.8 Å². The summed E-state index contributed by atoms with van der Waals surface area (Å²) in [5, 5.41) is 2.98. The van der Waals surface area contributed by atoms with Gasteiger partial charge in [0, 0.05) is 32.6 Å². The second-order valence-corrected chi connectivity index (χ2v) is 8.78. The van der Waals surface area contributed by atoms with E-state index in [-0.39, 0.29) is 18.0 Å². The highest BCUT2D eigenvalue weighted by Gasteiger charge is 2.13. The number of fused-ring (bicyclic) bond motifs is 2. The first kappa shape index (κ1) is 22.7. The van der Waals surface area contributed by atoms with Crippen LogP contribution >= 0.6 is 0 Å². The van der Waals surface area contributed by atoms with Gasteiger partial charge in [0.25, 0.3) is 0 Å². The highest BCUT2D eigenvalue weighted by Crippen LogP contribution is 2.15. The fraction of sp³-hybridized carbons (Fsp3) is 0.250. The lowest BCUT2D eigenvalue weighted by atomic mass is 10.1. The number of amides is 1. The van der Waals surface area contributed by atoms with Crippen LogP contribution in [0.1, 0.15) is 30.9 Å². The third-order valence-electron chi connectivity index (χ3n) is 6.33. The summed E-state index contributed by atoms with van der Waals surface area (Å²) in [6.07, 6.45) is 3.00. The van der Waals surface area contributed by atoms with Crippen LogP contribution in [0.4, 0.5) is 0 Å². The summed E-state index contributed by atoms with van der Waals surface area (Å²) in [5.74, 6) is -0.0711. The number of benzene rings is 3. The maximum Gasteiger partial charge on any atom is 0.329 e. The molecule has 0 bridgehead atoms. The van der Waals surface area contributed by atoms with Crippen LogP contribution in [-0.4, -0.2) is 24.6 Å². The van der Waals surface area contributed by atoms with Crippen LogP contribution in [0, 0.1) is 0 Å². The molecule has 0 spiro atoms. The molecular formula is C28H29N5O2. The Morgan fingerprint density at radius 3 is 2.17 bits per heavy atom. The third kappa shape index (κ3) is 4.75. The van der Waals surface area contributed by atoms with Crippen molar-refractivity contribution in [2.75, 3.05) is 0 Å². The van der Waals surface area contributed by atoms with Gasteiger partial charge < -0.3 is 9.88 Å². The van der Waals surface area contributed by atoms with Crippen LogP contribution < -0.4 is 11.0 Å². The van der Waals surface area contributed by atoms with Crippen molar-refractivity contribution in [3.8, 4) is 0 Å². The van der Waals surface area contributed by atoms with E-state index in [4.69, 9.17) is 0 Å². The van der Waals surface area contributed by atoms with Gasteiger partial charge in [-0.3, -0.25) is 13.9 Å². The highest BCUT2D eigenvalue weighted by atomic mass is 16.2. The quantitative estimate of drug-likeness (QED) is 0.351. The van der Waals surface area contributed by atoms with E-state index in [0.717, 1.165) is 40.6 Å². The summed E-state index contributed by atoms with van der Waals surface area (Å²) in [5.41, 5.74) is 6.05. The predicted octanol–water partition coefficient (Wildman–Crippen LogP) is 4.32. The number of imidazole rings is 2. The number of aromatic nitrogens is 4. The van der Waals surface area contributed by atoms with Crippen molar-refractivity contribution in [1.29, 1.82) is 0 Å². The molecule has 0 atom stereocenters. The van der Waals surface area contributed by atoms with E-state index in [1.807, 2.05) is 60.9 Å². The maximum absolute atomic E-state index is 12.9. The van der Waals surface area contributed by atoms with Crippen molar-refractivity contribution in [3.63, 3.8) is 0 Å². The van der Waals surface area contributed by atoms with Gasteiger partial charge in [0.15, 0.2) is 0 Å². The van der Waals surface area contributed by atoms with Gasteiger partial charge >= 0.3 is 5.69 Å². The Balaban J connectivity index is 1.18. The Morgan fingerprint density at radius 1 is 0.829 bits per heavy atom. The predicted molar refractivity (Wildman–Crippen MR) is 138 cm³/mol. The molecule has 5 aromatic rings. The summed E-state index contributed by atoms with van der Waals surface area (Å²) in [6, 6.07) is 24.1. The largest absolute Gasteiger partial charge is 0.352 e. The minimum absolute atomic E-state index is 0.0536. The molecule has 0 radical (unpaired) electrons. The minimum Gasteiger partial charge on any atom is -0.352 e. The molecule has 0 saturated carbocycles. The van der Waals surface area contributed by atoms with Crippen molar-refractivity contribution in [2.24, 2.45) is 0 Å². The Labute approximate surface area is 203 Å².